The van der Waals surface area contributed by atoms with E-state index in [1.54, 1.807) is 6.07 Å². The molecule has 1 aromatic carbocycles. The minimum atomic E-state index is -3.72. The normalized spacial score (nSPS) is 11.8. The minimum absolute atomic E-state index is 0.117. The average Bonchev–Trinajstić information content (AvgIpc) is 2.77. The van der Waals surface area contributed by atoms with Gasteiger partial charge >= 0.3 is 0 Å². The highest BCUT2D eigenvalue weighted by molar-refractivity contribution is 8.01. The lowest BCUT2D eigenvalue weighted by molar-refractivity contribution is 0.591. The molecule has 0 radical (unpaired) electrons. The van der Waals surface area contributed by atoms with Crippen LogP contribution >= 0.6 is 23.1 Å². The van der Waals surface area contributed by atoms with Gasteiger partial charge in [-0.15, -0.1) is 10.2 Å². The zero-order valence-electron chi connectivity index (χ0n) is 11.4. The molecular formula is C12H14FN3O2S3. The summed E-state index contributed by atoms with van der Waals surface area (Å²) in [6, 6.07) is 5.77. The van der Waals surface area contributed by atoms with Crippen LogP contribution in [0.1, 0.15) is 19.4 Å². The van der Waals surface area contributed by atoms with Crippen LogP contribution in [-0.2, 0) is 15.8 Å². The van der Waals surface area contributed by atoms with E-state index in [0.717, 1.165) is 11.3 Å². The summed E-state index contributed by atoms with van der Waals surface area (Å²) >= 11 is 2.66. The molecule has 5 nitrogen and oxygen atoms in total. The molecule has 0 aliphatic heterocycles. The second-order valence-corrected chi connectivity index (χ2v) is 9.02. The van der Waals surface area contributed by atoms with E-state index in [1.165, 1.54) is 30.0 Å². The first kappa shape index (κ1) is 16.2. The topological polar surface area (TPSA) is 72.0 Å². The predicted molar refractivity (Wildman–Crippen MR) is 83.5 cm³/mol. The van der Waals surface area contributed by atoms with Crippen LogP contribution in [0.4, 0.5) is 9.52 Å². The van der Waals surface area contributed by atoms with Crippen LogP contribution in [0.25, 0.3) is 0 Å². The summed E-state index contributed by atoms with van der Waals surface area (Å²) < 4.78 is 40.5. The fraction of sp³-hybridized carbons (Fsp3) is 0.333. The third-order valence-corrected chi connectivity index (χ3v) is 5.54. The van der Waals surface area contributed by atoms with Gasteiger partial charge in [0.15, 0.2) is 4.34 Å². The summed E-state index contributed by atoms with van der Waals surface area (Å²) in [4.78, 5) is 0. The van der Waals surface area contributed by atoms with Gasteiger partial charge in [0.05, 0.1) is 5.75 Å². The summed E-state index contributed by atoms with van der Waals surface area (Å²) in [6.45, 7) is 4.02. The first-order valence-corrected chi connectivity index (χ1v) is 9.44. The molecule has 0 spiro atoms. The van der Waals surface area contributed by atoms with Crippen molar-refractivity contribution >= 4 is 38.3 Å². The number of sulfonamides is 1. The van der Waals surface area contributed by atoms with E-state index >= 15 is 0 Å². The van der Waals surface area contributed by atoms with Crippen molar-refractivity contribution in [3.63, 3.8) is 0 Å². The Morgan fingerprint density at radius 2 is 2.05 bits per heavy atom. The molecule has 0 aliphatic rings. The molecule has 2 rings (SSSR count). The summed E-state index contributed by atoms with van der Waals surface area (Å²) in [7, 11) is -3.72. The number of thioether (sulfide) groups is 1. The Morgan fingerprint density at radius 1 is 1.33 bits per heavy atom. The largest absolute Gasteiger partial charge is 0.257 e. The lowest BCUT2D eigenvalue weighted by Gasteiger charge is -2.05. The minimum Gasteiger partial charge on any atom is -0.257 e. The smallest absolute Gasteiger partial charge is 0.238 e. The standard InChI is InChI=1S/C12H14FN3O2S3/c1-8(2)19-12-15-14-11(20-12)16-21(17,18)7-9-5-3-4-6-10(9)13/h3-6,8H,7H2,1-2H3,(H,14,16). The molecule has 2 aromatic rings. The number of hydrogen-bond acceptors (Lipinski definition) is 6. The van der Waals surface area contributed by atoms with E-state index in [2.05, 4.69) is 14.9 Å². The SMILES string of the molecule is CC(C)Sc1nnc(NS(=O)(=O)Cc2ccccc2F)s1. The second kappa shape index (κ2) is 6.71. The monoisotopic (exact) mass is 347 g/mol. The van der Waals surface area contributed by atoms with E-state index in [-0.39, 0.29) is 10.7 Å². The summed E-state index contributed by atoms with van der Waals surface area (Å²) in [5.41, 5.74) is 0.117. The Morgan fingerprint density at radius 3 is 2.71 bits per heavy atom. The first-order valence-electron chi connectivity index (χ1n) is 6.10. The molecule has 9 heteroatoms. The molecule has 1 heterocycles. The second-order valence-electron chi connectivity index (χ2n) is 4.49. The molecule has 0 amide bonds. The summed E-state index contributed by atoms with van der Waals surface area (Å²) in [6.07, 6.45) is 0. The van der Waals surface area contributed by atoms with Gasteiger partial charge in [0.2, 0.25) is 15.2 Å². The van der Waals surface area contributed by atoms with Crippen molar-refractivity contribution in [1.82, 2.24) is 10.2 Å². The lowest BCUT2D eigenvalue weighted by Crippen LogP contribution is -2.15. The van der Waals surface area contributed by atoms with E-state index in [0.29, 0.717) is 9.59 Å². The van der Waals surface area contributed by atoms with Crippen LogP contribution in [-0.4, -0.2) is 23.9 Å². The molecule has 0 saturated heterocycles. The van der Waals surface area contributed by atoms with Crippen LogP contribution in [0.2, 0.25) is 0 Å². The van der Waals surface area contributed by atoms with Gasteiger partial charge in [-0.05, 0) is 6.07 Å². The third kappa shape index (κ3) is 4.94. The van der Waals surface area contributed by atoms with Crippen LogP contribution in [0.5, 0.6) is 0 Å². The zero-order valence-corrected chi connectivity index (χ0v) is 13.9. The highest BCUT2D eigenvalue weighted by Gasteiger charge is 2.17. The average molecular weight is 347 g/mol. The van der Waals surface area contributed by atoms with E-state index in [1.807, 2.05) is 13.8 Å². The highest BCUT2D eigenvalue weighted by atomic mass is 32.2. The van der Waals surface area contributed by atoms with E-state index < -0.39 is 21.6 Å². The predicted octanol–water partition coefficient (Wildman–Crippen LogP) is 3.12. The van der Waals surface area contributed by atoms with Gasteiger partial charge in [-0.1, -0.05) is 55.1 Å². The van der Waals surface area contributed by atoms with Crippen LogP contribution in [0.3, 0.4) is 0 Å². The Bertz CT molecular complexity index is 716. The number of hydrogen-bond donors (Lipinski definition) is 1. The zero-order chi connectivity index (χ0) is 15.5. The first-order chi connectivity index (χ1) is 9.85. The molecule has 0 unspecified atom stereocenters. The highest BCUT2D eigenvalue weighted by Crippen LogP contribution is 2.29. The van der Waals surface area contributed by atoms with Gasteiger partial charge in [-0.25, -0.2) is 12.8 Å². The van der Waals surface area contributed by atoms with Crippen LogP contribution in [0.15, 0.2) is 28.6 Å². The van der Waals surface area contributed by atoms with E-state index in [4.69, 9.17) is 0 Å². The molecule has 0 bridgehead atoms. The van der Waals surface area contributed by atoms with Crippen LogP contribution < -0.4 is 4.72 Å². The molecular weight excluding hydrogens is 333 g/mol. The number of nitrogens with one attached hydrogen (secondary N) is 1. The number of nitrogens with zero attached hydrogens (tertiary/aromatic N) is 2. The van der Waals surface area contributed by atoms with Crippen LogP contribution in [0, 0.1) is 5.82 Å². The summed E-state index contributed by atoms with van der Waals surface area (Å²) in [5.74, 6) is -0.984. The van der Waals surface area contributed by atoms with Crippen molar-refractivity contribution in [1.29, 1.82) is 0 Å². The van der Waals surface area contributed by atoms with Crippen molar-refractivity contribution in [3.05, 3.63) is 35.6 Å². The number of halogens is 1. The number of rotatable bonds is 6. The van der Waals surface area contributed by atoms with Gasteiger partial charge in [0, 0.05) is 10.8 Å². The van der Waals surface area contributed by atoms with Gasteiger partial charge < -0.3 is 0 Å². The van der Waals surface area contributed by atoms with Gasteiger partial charge in [-0.3, -0.25) is 4.72 Å². The molecule has 0 fully saturated rings. The Labute approximate surface area is 131 Å². The Balaban J connectivity index is 2.07. The van der Waals surface area contributed by atoms with Crippen molar-refractivity contribution in [3.8, 4) is 0 Å². The van der Waals surface area contributed by atoms with Crippen molar-refractivity contribution < 1.29 is 12.8 Å². The molecule has 1 N–H and O–H groups in total. The fourth-order valence-electron chi connectivity index (χ4n) is 1.49. The van der Waals surface area contributed by atoms with Crippen molar-refractivity contribution in [2.75, 3.05) is 4.72 Å². The molecule has 0 saturated carbocycles. The Hall–Kier alpha value is -1.19. The van der Waals surface area contributed by atoms with Gasteiger partial charge in [0.1, 0.15) is 5.82 Å². The maximum absolute atomic E-state index is 13.5. The number of anilines is 1. The molecule has 0 aliphatic carbocycles. The maximum atomic E-state index is 13.5. The molecule has 21 heavy (non-hydrogen) atoms. The quantitative estimate of drug-likeness (QED) is 0.813. The van der Waals surface area contributed by atoms with E-state index in [9.17, 15) is 12.8 Å². The number of aromatic nitrogens is 2. The lowest BCUT2D eigenvalue weighted by atomic mass is 10.2. The fourth-order valence-corrected chi connectivity index (χ4v) is 4.89. The van der Waals surface area contributed by atoms with Gasteiger partial charge in [-0.2, -0.15) is 0 Å². The molecule has 1 aromatic heterocycles. The Kier molecular flexibility index (Phi) is 5.17. The number of benzene rings is 1. The third-order valence-electron chi connectivity index (χ3n) is 2.29. The maximum Gasteiger partial charge on any atom is 0.238 e. The molecule has 114 valence electrons. The summed E-state index contributed by atoms with van der Waals surface area (Å²) in [5, 5.41) is 8.20. The van der Waals surface area contributed by atoms with Gasteiger partial charge in [0.25, 0.3) is 0 Å². The van der Waals surface area contributed by atoms with Crippen molar-refractivity contribution in [2.45, 2.75) is 29.2 Å². The van der Waals surface area contributed by atoms with Crippen molar-refractivity contribution in [2.24, 2.45) is 0 Å². The molecule has 0 atom stereocenters.